The van der Waals surface area contributed by atoms with Crippen molar-refractivity contribution in [1.82, 2.24) is 19.7 Å². The normalized spacial score (nSPS) is 10.8. The molecule has 4 rings (SSSR count). The molecule has 2 amide bonds. The standard InChI is InChI=1S/C24H22ClN5O3S/c1-29(15-21(31)26-19-11-6-5-10-18(19)25)22(32)16-34-24-28-27-23(20-12-7-13-33-20)30(24)14-17-8-3-2-4-9-17/h2-13H,14-16H2,1H3,(H,26,31). The summed E-state index contributed by atoms with van der Waals surface area (Å²) in [5, 5.41) is 12.3. The van der Waals surface area contributed by atoms with Crippen molar-refractivity contribution in [2.45, 2.75) is 11.7 Å². The molecule has 2 aromatic carbocycles. The third-order valence-corrected chi connectivity index (χ3v) is 6.20. The van der Waals surface area contributed by atoms with E-state index in [4.69, 9.17) is 16.0 Å². The SMILES string of the molecule is CN(CC(=O)Nc1ccccc1Cl)C(=O)CSc1nnc(-c2ccco2)n1Cc1ccccc1. The fourth-order valence-electron chi connectivity index (χ4n) is 3.18. The van der Waals surface area contributed by atoms with E-state index in [-0.39, 0.29) is 24.1 Å². The van der Waals surface area contributed by atoms with E-state index >= 15 is 0 Å². The Labute approximate surface area is 205 Å². The second kappa shape index (κ2) is 11.0. The van der Waals surface area contributed by atoms with E-state index in [0.717, 1.165) is 5.56 Å². The Hall–Kier alpha value is -3.56. The monoisotopic (exact) mass is 495 g/mol. The average molecular weight is 496 g/mol. The topological polar surface area (TPSA) is 93.3 Å². The van der Waals surface area contributed by atoms with Crippen molar-refractivity contribution >= 4 is 40.9 Å². The van der Waals surface area contributed by atoms with Gasteiger partial charge in [0.05, 0.1) is 35.8 Å². The fraction of sp³-hybridized carbons (Fsp3) is 0.167. The van der Waals surface area contributed by atoms with Crippen molar-refractivity contribution in [2.24, 2.45) is 0 Å². The minimum absolute atomic E-state index is 0.0982. The summed E-state index contributed by atoms with van der Waals surface area (Å²) in [6.45, 7) is 0.426. The zero-order valence-electron chi connectivity index (χ0n) is 18.3. The van der Waals surface area contributed by atoms with Crippen molar-refractivity contribution in [3.63, 3.8) is 0 Å². The molecule has 0 fully saturated rings. The first-order valence-corrected chi connectivity index (χ1v) is 11.8. The van der Waals surface area contributed by atoms with Crippen LogP contribution in [0, 0.1) is 0 Å². The van der Waals surface area contributed by atoms with Crippen LogP contribution in [-0.2, 0) is 16.1 Å². The number of hydrogen-bond acceptors (Lipinski definition) is 6. The van der Waals surface area contributed by atoms with Crippen LogP contribution in [0.2, 0.25) is 5.02 Å². The molecule has 0 aliphatic carbocycles. The molecule has 10 heteroatoms. The van der Waals surface area contributed by atoms with E-state index in [9.17, 15) is 9.59 Å². The van der Waals surface area contributed by atoms with Crippen molar-refractivity contribution in [3.05, 3.63) is 83.6 Å². The number of nitrogens with zero attached hydrogens (tertiary/aromatic N) is 4. The Bertz CT molecular complexity index is 1260. The van der Waals surface area contributed by atoms with Gasteiger partial charge in [0.2, 0.25) is 17.6 Å². The number of benzene rings is 2. The summed E-state index contributed by atoms with van der Waals surface area (Å²) >= 11 is 7.33. The maximum absolute atomic E-state index is 12.7. The van der Waals surface area contributed by atoms with Crippen LogP contribution in [0.1, 0.15) is 5.56 Å². The number of rotatable bonds is 9. The maximum Gasteiger partial charge on any atom is 0.244 e. The summed E-state index contributed by atoms with van der Waals surface area (Å²) in [5.74, 6) is 0.724. The van der Waals surface area contributed by atoms with Crippen molar-refractivity contribution in [2.75, 3.05) is 24.7 Å². The Balaban J connectivity index is 1.41. The van der Waals surface area contributed by atoms with E-state index in [1.54, 1.807) is 43.6 Å². The molecular formula is C24H22ClN5O3S. The molecule has 2 aromatic heterocycles. The third-order valence-electron chi connectivity index (χ3n) is 4.92. The number of halogens is 1. The minimum Gasteiger partial charge on any atom is -0.461 e. The second-order valence-electron chi connectivity index (χ2n) is 7.42. The molecule has 0 bridgehead atoms. The van der Waals surface area contributed by atoms with Gasteiger partial charge in [-0.1, -0.05) is 65.8 Å². The molecule has 0 radical (unpaired) electrons. The predicted octanol–water partition coefficient (Wildman–Crippen LogP) is 4.43. The van der Waals surface area contributed by atoms with Crippen LogP contribution in [-0.4, -0.2) is 50.8 Å². The smallest absolute Gasteiger partial charge is 0.244 e. The van der Waals surface area contributed by atoms with Gasteiger partial charge in [-0.3, -0.25) is 14.2 Å². The van der Waals surface area contributed by atoms with Crippen molar-refractivity contribution < 1.29 is 14.0 Å². The molecule has 0 unspecified atom stereocenters. The third kappa shape index (κ3) is 5.86. The number of amides is 2. The van der Waals surface area contributed by atoms with E-state index < -0.39 is 0 Å². The van der Waals surface area contributed by atoms with Gasteiger partial charge >= 0.3 is 0 Å². The Kier molecular flexibility index (Phi) is 7.66. The second-order valence-corrected chi connectivity index (χ2v) is 8.77. The average Bonchev–Trinajstić information content (AvgIpc) is 3.50. The maximum atomic E-state index is 12.7. The predicted molar refractivity (Wildman–Crippen MR) is 132 cm³/mol. The number of para-hydroxylation sites is 1. The van der Waals surface area contributed by atoms with Crippen LogP contribution in [0.3, 0.4) is 0 Å². The first-order chi connectivity index (χ1) is 16.5. The van der Waals surface area contributed by atoms with Crippen LogP contribution in [0.4, 0.5) is 5.69 Å². The molecule has 0 saturated heterocycles. The van der Waals surface area contributed by atoms with Gasteiger partial charge in [0.1, 0.15) is 0 Å². The van der Waals surface area contributed by atoms with Crippen LogP contribution in [0.25, 0.3) is 11.6 Å². The molecule has 0 aliphatic rings. The van der Waals surface area contributed by atoms with Gasteiger partial charge in [-0.2, -0.15) is 0 Å². The van der Waals surface area contributed by atoms with Gasteiger partial charge in [0.25, 0.3) is 0 Å². The molecule has 0 atom stereocenters. The molecule has 8 nitrogen and oxygen atoms in total. The lowest BCUT2D eigenvalue weighted by atomic mass is 10.2. The number of aromatic nitrogens is 3. The lowest BCUT2D eigenvalue weighted by Crippen LogP contribution is -2.36. The molecular weight excluding hydrogens is 474 g/mol. The lowest BCUT2D eigenvalue weighted by Gasteiger charge is -2.17. The van der Waals surface area contributed by atoms with Crippen molar-refractivity contribution in [3.8, 4) is 11.6 Å². The van der Waals surface area contributed by atoms with Gasteiger partial charge in [-0.25, -0.2) is 0 Å². The molecule has 4 aromatic rings. The first-order valence-electron chi connectivity index (χ1n) is 10.4. The molecule has 0 aliphatic heterocycles. The number of carbonyl (C=O) groups excluding carboxylic acids is 2. The van der Waals surface area contributed by atoms with Gasteiger partial charge in [-0.15, -0.1) is 10.2 Å². The van der Waals surface area contributed by atoms with Crippen LogP contribution >= 0.6 is 23.4 Å². The molecule has 2 heterocycles. The highest BCUT2D eigenvalue weighted by Gasteiger charge is 2.20. The zero-order chi connectivity index (χ0) is 23.9. The van der Waals surface area contributed by atoms with Gasteiger partial charge in [-0.05, 0) is 29.8 Å². The highest BCUT2D eigenvalue weighted by Crippen LogP contribution is 2.26. The Morgan fingerprint density at radius 3 is 2.56 bits per heavy atom. The summed E-state index contributed by atoms with van der Waals surface area (Å²) in [7, 11) is 1.58. The summed E-state index contributed by atoms with van der Waals surface area (Å²) in [6.07, 6.45) is 1.58. The number of hydrogen-bond donors (Lipinski definition) is 1. The molecule has 0 spiro atoms. The van der Waals surface area contributed by atoms with Crippen LogP contribution < -0.4 is 5.32 Å². The highest BCUT2D eigenvalue weighted by molar-refractivity contribution is 7.99. The Morgan fingerprint density at radius 2 is 1.82 bits per heavy atom. The van der Waals surface area contributed by atoms with Gasteiger partial charge in [0.15, 0.2) is 10.9 Å². The van der Waals surface area contributed by atoms with Crippen LogP contribution in [0.5, 0.6) is 0 Å². The fourth-order valence-corrected chi connectivity index (χ4v) is 4.25. The lowest BCUT2D eigenvalue weighted by molar-refractivity contribution is -0.131. The molecule has 0 saturated carbocycles. The molecule has 174 valence electrons. The highest BCUT2D eigenvalue weighted by atomic mass is 35.5. The summed E-state index contributed by atoms with van der Waals surface area (Å²) in [4.78, 5) is 26.4. The number of carbonyl (C=O) groups is 2. The van der Waals surface area contributed by atoms with Crippen LogP contribution in [0.15, 0.2) is 82.6 Å². The summed E-state index contributed by atoms with van der Waals surface area (Å²) in [6, 6.07) is 20.4. The van der Waals surface area contributed by atoms with Crippen molar-refractivity contribution in [1.29, 1.82) is 0 Å². The number of nitrogens with one attached hydrogen (secondary N) is 1. The van der Waals surface area contributed by atoms with E-state index in [0.29, 0.717) is 34.0 Å². The molecule has 34 heavy (non-hydrogen) atoms. The van der Waals surface area contributed by atoms with E-state index in [2.05, 4.69) is 15.5 Å². The number of furan rings is 1. The Morgan fingerprint density at radius 1 is 1.06 bits per heavy atom. The van der Waals surface area contributed by atoms with E-state index in [1.165, 1.54) is 16.7 Å². The zero-order valence-corrected chi connectivity index (χ0v) is 19.9. The van der Waals surface area contributed by atoms with Gasteiger partial charge < -0.3 is 14.6 Å². The first kappa shape index (κ1) is 23.6. The summed E-state index contributed by atoms with van der Waals surface area (Å²) < 4.78 is 7.43. The quantitative estimate of drug-likeness (QED) is 0.345. The van der Waals surface area contributed by atoms with E-state index in [1.807, 2.05) is 41.0 Å². The minimum atomic E-state index is -0.332. The number of likely N-dealkylation sites (N-methyl/N-ethyl adjacent to an activating group) is 1. The number of thioether (sulfide) groups is 1. The van der Waals surface area contributed by atoms with Gasteiger partial charge in [0, 0.05) is 7.05 Å². The number of anilines is 1. The molecule has 1 N–H and O–H groups in total. The summed E-state index contributed by atoms with van der Waals surface area (Å²) in [5.41, 5.74) is 1.57. The largest absolute Gasteiger partial charge is 0.461 e.